The fraction of sp³-hybridized carbons (Fsp3) is 0.158. The Morgan fingerprint density at radius 1 is 1.39 bits per heavy atom. The number of anilines is 1. The van der Waals surface area contributed by atoms with Crippen LogP contribution in [0.1, 0.15) is 18.4 Å². The first kappa shape index (κ1) is 17.2. The number of H-pyrrole nitrogens is 1. The minimum Gasteiger partial charge on any atom is -0.367 e. The van der Waals surface area contributed by atoms with Gasteiger partial charge in [0.25, 0.3) is 0 Å². The molecule has 140 valence electrons. The summed E-state index contributed by atoms with van der Waals surface area (Å²) in [5, 5.41) is 8.75. The fourth-order valence-electron chi connectivity index (χ4n) is 2.96. The van der Waals surface area contributed by atoms with Gasteiger partial charge in [0.2, 0.25) is 5.95 Å². The molecular formula is C19H15FN6S2. The summed E-state index contributed by atoms with van der Waals surface area (Å²) < 4.78 is 17.0. The van der Waals surface area contributed by atoms with Crippen LogP contribution < -0.4 is 15.2 Å². The largest absolute Gasteiger partial charge is 0.367 e. The number of hydrogen-bond donors (Lipinski definition) is 2. The predicted octanol–water partition coefficient (Wildman–Crippen LogP) is 2.86. The Labute approximate surface area is 168 Å². The van der Waals surface area contributed by atoms with E-state index in [0.717, 1.165) is 34.1 Å². The molecule has 0 saturated heterocycles. The standard InChI is InChI=1S/C19H15FN6S2/c1-10-15(28-19(27)23-10)6-12-9-22-26-17(24-13-2-3-13)8-14(25-18(12)26)11-4-5-21-16(20)7-11/h4-9,13,24H,1-3H2,(H,23,27)/b15-6-. The molecule has 0 unspecified atom stereocenters. The van der Waals surface area contributed by atoms with Crippen LogP contribution >= 0.6 is 23.6 Å². The number of hydrogen-bond acceptors (Lipinski definition) is 6. The third-order valence-corrected chi connectivity index (χ3v) is 5.71. The zero-order chi connectivity index (χ0) is 19.3. The molecule has 4 aromatic heterocycles. The molecule has 4 heterocycles. The van der Waals surface area contributed by atoms with Crippen molar-refractivity contribution >= 4 is 47.7 Å². The number of thiazole rings is 1. The molecule has 1 aliphatic rings. The first-order chi connectivity index (χ1) is 13.6. The molecule has 28 heavy (non-hydrogen) atoms. The molecule has 0 radical (unpaired) electrons. The molecule has 0 bridgehead atoms. The number of halogens is 1. The van der Waals surface area contributed by atoms with Crippen molar-refractivity contribution in [2.45, 2.75) is 18.9 Å². The highest BCUT2D eigenvalue weighted by Gasteiger charge is 2.23. The van der Waals surface area contributed by atoms with Crippen molar-refractivity contribution in [3.8, 4) is 11.3 Å². The van der Waals surface area contributed by atoms with Crippen LogP contribution in [0.2, 0.25) is 0 Å². The highest BCUT2D eigenvalue weighted by molar-refractivity contribution is 7.73. The van der Waals surface area contributed by atoms with Gasteiger partial charge in [0.05, 0.1) is 16.4 Å². The van der Waals surface area contributed by atoms with Crippen LogP contribution in [0.5, 0.6) is 0 Å². The van der Waals surface area contributed by atoms with Crippen molar-refractivity contribution in [2.75, 3.05) is 5.32 Å². The quantitative estimate of drug-likeness (QED) is 0.400. The van der Waals surface area contributed by atoms with Crippen molar-refractivity contribution in [2.24, 2.45) is 0 Å². The maximum atomic E-state index is 13.6. The second kappa shape index (κ2) is 6.61. The molecule has 9 heteroatoms. The van der Waals surface area contributed by atoms with Crippen LogP contribution in [-0.4, -0.2) is 30.6 Å². The molecule has 0 spiro atoms. The van der Waals surface area contributed by atoms with Gasteiger partial charge >= 0.3 is 0 Å². The lowest BCUT2D eigenvalue weighted by molar-refractivity contribution is 0.584. The summed E-state index contributed by atoms with van der Waals surface area (Å²) in [6.45, 7) is 3.99. The summed E-state index contributed by atoms with van der Waals surface area (Å²) in [4.78, 5) is 11.4. The molecule has 2 N–H and O–H groups in total. The third kappa shape index (κ3) is 3.23. The first-order valence-electron chi connectivity index (χ1n) is 8.74. The number of pyridine rings is 1. The lowest BCUT2D eigenvalue weighted by atomic mass is 10.2. The summed E-state index contributed by atoms with van der Waals surface area (Å²) in [6, 6.07) is 5.45. The van der Waals surface area contributed by atoms with Gasteiger partial charge in [-0.25, -0.2) is 9.97 Å². The van der Waals surface area contributed by atoms with E-state index < -0.39 is 5.95 Å². The number of rotatable bonds is 4. The Balaban J connectivity index is 1.73. The van der Waals surface area contributed by atoms with Crippen molar-refractivity contribution < 1.29 is 4.39 Å². The molecule has 0 aromatic carbocycles. The van der Waals surface area contributed by atoms with E-state index in [0.29, 0.717) is 26.9 Å². The van der Waals surface area contributed by atoms with Crippen LogP contribution in [0.4, 0.5) is 10.2 Å². The third-order valence-electron chi connectivity index (χ3n) is 4.49. The van der Waals surface area contributed by atoms with Crippen molar-refractivity contribution in [3.05, 3.63) is 55.9 Å². The number of aromatic amines is 1. The Hall–Kier alpha value is -2.91. The number of aromatic nitrogens is 5. The summed E-state index contributed by atoms with van der Waals surface area (Å²) in [5.74, 6) is 0.292. The van der Waals surface area contributed by atoms with Crippen LogP contribution in [0.3, 0.4) is 0 Å². The summed E-state index contributed by atoms with van der Waals surface area (Å²) >= 11 is 6.65. The Morgan fingerprint density at radius 3 is 2.96 bits per heavy atom. The highest BCUT2D eigenvalue weighted by atomic mass is 32.1. The van der Waals surface area contributed by atoms with Crippen LogP contribution in [-0.2, 0) is 0 Å². The molecule has 1 fully saturated rings. The Kier molecular flexibility index (Phi) is 4.06. The lowest BCUT2D eigenvalue weighted by Crippen LogP contribution is -2.18. The monoisotopic (exact) mass is 410 g/mol. The Morgan fingerprint density at radius 2 is 2.25 bits per heavy atom. The maximum absolute atomic E-state index is 13.6. The fourth-order valence-corrected chi connectivity index (χ4v) is 4.09. The van der Waals surface area contributed by atoms with E-state index in [2.05, 4.69) is 27.0 Å². The lowest BCUT2D eigenvalue weighted by Gasteiger charge is -2.10. The first-order valence-corrected chi connectivity index (χ1v) is 9.96. The number of fused-ring (bicyclic) bond motifs is 1. The zero-order valence-electron chi connectivity index (χ0n) is 14.6. The van der Waals surface area contributed by atoms with Crippen LogP contribution in [0.15, 0.2) is 30.6 Å². The van der Waals surface area contributed by atoms with Gasteiger partial charge in [-0.3, -0.25) is 0 Å². The molecule has 0 aliphatic heterocycles. The van der Waals surface area contributed by atoms with Gasteiger partial charge in [-0.15, -0.1) is 11.3 Å². The maximum Gasteiger partial charge on any atom is 0.213 e. The van der Waals surface area contributed by atoms with E-state index in [-0.39, 0.29) is 0 Å². The van der Waals surface area contributed by atoms with E-state index >= 15 is 0 Å². The Bertz CT molecular complexity index is 1370. The molecule has 4 aromatic rings. The van der Waals surface area contributed by atoms with E-state index in [1.54, 1.807) is 16.8 Å². The van der Waals surface area contributed by atoms with Crippen molar-refractivity contribution in [1.29, 1.82) is 0 Å². The SMILES string of the molecule is C=c1[nH]c(=S)s/c1=C\c1cnn2c(NC3CC3)cc(-c3ccnc(F)c3)nc12. The molecule has 1 saturated carbocycles. The smallest absolute Gasteiger partial charge is 0.213 e. The predicted molar refractivity (Wildman–Crippen MR) is 111 cm³/mol. The summed E-state index contributed by atoms with van der Waals surface area (Å²) in [5.41, 5.74) is 2.83. The van der Waals surface area contributed by atoms with Gasteiger partial charge in [0.15, 0.2) is 9.60 Å². The van der Waals surface area contributed by atoms with E-state index in [4.69, 9.17) is 17.2 Å². The number of nitrogens with one attached hydrogen (secondary N) is 2. The van der Waals surface area contributed by atoms with Gasteiger partial charge < -0.3 is 10.3 Å². The van der Waals surface area contributed by atoms with Crippen LogP contribution in [0.25, 0.3) is 29.6 Å². The summed E-state index contributed by atoms with van der Waals surface area (Å²) in [7, 11) is 0. The average molecular weight is 411 g/mol. The average Bonchev–Trinajstić information content (AvgIpc) is 3.30. The normalized spacial score (nSPS) is 14.7. The summed E-state index contributed by atoms with van der Waals surface area (Å²) in [6.07, 6.45) is 7.42. The molecule has 0 amide bonds. The van der Waals surface area contributed by atoms with E-state index in [1.165, 1.54) is 23.6 Å². The van der Waals surface area contributed by atoms with E-state index in [9.17, 15) is 4.39 Å². The van der Waals surface area contributed by atoms with Gasteiger partial charge in [-0.2, -0.15) is 14.0 Å². The molecule has 5 rings (SSSR count). The van der Waals surface area contributed by atoms with Gasteiger partial charge in [-0.05, 0) is 37.2 Å². The molecule has 0 atom stereocenters. The van der Waals surface area contributed by atoms with Gasteiger partial charge in [0.1, 0.15) is 5.82 Å². The molecule has 1 aliphatic carbocycles. The van der Waals surface area contributed by atoms with Crippen molar-refractivity contribution in [1.82, 2.24) is 24.6 Å². The second-order valence-electron chi connectivity index (χ2n) is 6.65. The topological polar surface area (TPSA) is 70.9 Å². The van der Waals surface area contributed by atoms with Crippen molar-refractivity contribution in [3.63, 3.8) is 0 Å². The zero-order valence-corrected chi connectivity index (χ0v) is 16.3. The van der Waals surface area contributed by atoms with Crippen LogP contribution in [0, 0.1) is 9.90 Å². The van der Waals surface area contributed by atoms with E-state index in [1.807, 2.05) is 12.1 Å². The molecule has 6 nitrogen and oxygen atoms in total. The van der Waals surface area contributed by atoms with Gasteiger partial charge in [0, 0.05) is 40.8 Å². The minimum atomic E-state index is -0.537. The number of nitrogens with zero attached hydrogens (tertiary/aromatic N) is 4. The highest BCUT2D eigenvalue weighted by Crippen LogP contribution is 2.28. The minimum absolute atomic E-state index is 0.436. The molecular weight excluding hydrogens is 395 g/mol. The second-order valence-corrected chi connectivity index (χ2v) is 8.37. The van der Waals surface area contributed by atoms with Gasteiger partial charge in [-0.1, -0.05) is 6.58 Å².